The molecular formula is C30H31NO3. The molecule has 4 nitrogen and oxygen atoms in total. The number of carbonyl (C=O) groups excluding carboxylic acids is 1. The van der Waals surface area contributed by atoms with E-state index in [1.165, 1.54) is 12.8 Å². The van der Waals surface area contributed by atoms with Gasteiger partial charge < -0.3 is 14.8 Å². The molecule has 0 bridgehead atoms. The fraction of sp³-hybridized carbons (Fsp3) is 0.300. The van der Waals surface area contributed by atoms with E-state index in [2.05, 4.69) is 23.5 Å². The minimum atomic E-state index is 0.0478. The molecule has 1 unspecified atom stereocenters. The quantitative estimate of drug-likeness (QED) is 0.428. The summed E-state index contributed by atoms with van der Waals surface area (Å²) in [5, 5.41) is 3.50. The lowest BCUT2D eigenvalue weighted by Gasteiger charge is -2.24. The lowest BCUT2D eigenvalue weighted by atomic mass is 9.79. The molecule has 0 amide bonds. The molecule has 1 aliphatic carbocycles. The molecule has 3 aromatic rings. The number of fused-ring (bicyclic) bond motifs is 1. The summed E-state index contributed by atoms with van der Waals surface area (Å²) >= 11 is 0. The predicted molar refractivity (Wildman–Crippen MR) is 136 cm³/mol. The SMILES string of the molecule is COc1ccc2c(c1)CCC(c1ccccc1)=C2C(=O)c1ccc(OCCC2CCCN2)cc1. The Morgan fingerprint density at radius 2 is 1.76 bits per heavy atom. The summed E-state index contributed by atoms with van der Waals surface area (Å²) in [6, 6.07) is 24.4. The number of ether oxygens (including phenoxy) is 2. The summed E-state index contributed by atoms with van der Waals surface area (Å²) in [5.74, 6) is 1.68. The van der Waals surface area contributed by atoms with Gasteiger partial charge in [-0.2, -0.15) is 0 Å². The Balaban J connectivity index is 1.42. The molecule has 34 heavy (non-hydrogen) atoms. The van der Waals surface area contributed by atoms with Crippen molar-refractivity contribution < 1.29 is 14.3 Å². The summed E-state index contributed by atoms with van der Waals surface area (Å²) in [4.78, 5) is 13.9. The number of methoxy groups -OCH3 is 1. The fourth-order valence-corrected chi connectivity index (χ4v) is 5.05. The van der Waals surface area contributed by atoms with E-state index in [0.29, 0.717) is 18.2 Å². The summed E-state index contributed by atoms with van der Waals surface area (Å²) in [5.41, 5.74) is 5.83. The molecule has 2 aliphatic rings. The summed E-state index contributed by atoms with van der Waals surface area (Å²) in [7, 11) is 1.68. The van der Waals surface area contributed by atoms with Gasteiger partial charge >= 0.3 is 0 Å². The number of ketones is 1. The Labute approximate surface area is 201 Å². The van der Waals surface area contributed by atoms with Crippen molar-refractivity contribution in [2.24, 2.45) is 0 Å². The first-order valence-electron chi connectivity index (χ1n) is 12.2. The van der Waals surface area contributed by atoms with Crippen LogP contribution in [0.5, 0.6) is 11.5 Å². The first kappa shape index (κ1) is 22.4. The second-order valence-corrected chi connectivity index (χ2v) is 9.03. The van der Waals surface area contributed by atoms with E-state index in [1.807, 2.05) is 54.6 Å². The van der Waals surface area contributed by atoms with Gasteiger partial charge in [0.25, 0.3) is 0 Å². The Hall–Kier alpha value is -3.37. The molecule has 1 saturated heterocycles. The molecule has 0 radical (unpaired) electrons. The number of rotatable bonds is 8. The highest BCUT2D eigenvalue weighted by Gasteiger charge is 2.26. The van der Waals surface area contributed by atoms with Gasteiger partial charge in [-0.05, 0) is 97.3 Å². The number of Topliss-reactive ketones (excluding diaryl/α,β-unsaturated/α-hetero) is 1. The number of hydrogen-bond acceptors (Lipinski definition) is 4. The zero-order valence-corrected chi connectivity index (χ0v) is 19.7. The molecule has 0 aromatic heterocycles. The van der Waals surface area contributed by atoms with Crippen LogP contribution < -0.4 is 14.8 Å². The average Bonchev–Trinajstić information content (AvgIpc) is 3.42. The summed E-state index contributed by atoms with van der Waals surface area (Å²) < 4.78 is 11.4. The maximum atomic E-state index is 13.9. The van der Waals surface area contributed by atoms with Gasteiger partial charge in [0.1, 0.15) is 11.5 Å². The normalized spacial score (nSPS) is 17.4. The molecule has 0 saturated carbocycles. The minimum Gasteiger partial charge on any atom is -0.497 e. The van der Waals surface area contributed by atoms with Crippen molar-refractivity contribution in [3.63, 3.8) is 0 Å². The number of nitrogens with one attached hydrogen (secondary N) is 1. The molecule has 4 heteroatoms. The molecule has 1 atom stereocenters. The Bertz CT molecular complexity index is 1180. The zero-order valence-electron chi connectivity index (χ0n) is 19.7. The minimum absolute atomic E-state index is 0.0478. The van der Waals surface area contributed by atoms with E-state index >= 15 is 0 Å². The zero-order chi connectivity index (χ0) is 23.3. The van der Waals surface area contributed by atoms with Crippen molar-refractivity contribution in [2.75, 3.05) is 20.3 Å². The van der Waals surface area contributed by atoms with Crippen LogP contribution in [0.4, 0.5) is 0 Å². The second kappa shape index (κ2) is 10.3. The number of hydrogen-bond donors (Lipinski definition) is 1. The third-order valence-corrected chi connectivity index (χ3v) is 6.89. The molecule has 1 fully saturated rings. The molecule has 0 spiro atoms. The van der Waals surface area contributed by atoms with E-state index in [-0.39, 0.29) is 5.78 Å². The smallest absolute Gasteiger partial charge is 0.193 e. The van der Waals surface area contributed by atoms with Crippen LogP contribution in [-0.4, -0.2) is 32.1 Å². The van der Waals surface area contributed by atoms with Crippen molar-refractivity contribution in [1.82, 2.24) is 5.32 Å². The number of carbonyl (C=O) groups is 1. The van der Waals surface area contributed by atoms with Gasteiger partial charge in [0, 0.05) is 17.2 Å². The van der Waals surface area contributed by atoms with Crippen molar-refractivity contribution >= 4 is 16.9 Å². The Kier molecular flexibility index (Phi) is 6.77. The van der Waals surface area contributed by atoms with Crippen LogP contribution in [0.25, 0.3) is 11.1 Å². The van der Waals surface area contributed by atoms with Crippen LogP contribution in [0.3, 0.4) is 0 Å². The van der Waals surface area contributed by atoms with Crippen LogP contribution in [-0.2, 0) is 6.42 Å². The molecule has 5 rings (SSSR count). The predicted octanol–water partition coefficient (Wildman–Crippen LogP) is 5.96. The second-order valence-electron chi connectivity index (χ2n) is 9.03. The van der Waals surface area contributed by atoms with Crippen molar-refractivity contribution in [2.45, 2.75) is 38.1 Å². The van der Waals surface area contributed by atoms with Gasteiger partial charge in [0.05, 0.1) is 13.7 Å². The van der Waals surface area contributed by atoms with Crippen LogP contribution in [0.2, 0.25) is 0 Å². The maximum absolute atomic E-state index is 13.9. The highest BCUT2D eigenvalue weighted by atomic mass is 16.5. The van der Waals surface area contributed by atoms with Crippen molar-refractivity contribution in [3.05, 3.63) is 95.1 Å². The number of benzene rings is 3. The molecule has 1 N–H and O–H groups in total. The van der Waals surface area contributed by atoms with Crippen LogP contribution in [0, 0.1) is 0 Å². The molecule has 1 aliphatic heterocycles. The maximum Gasteiger partial charge on any atom is 0.193 e. The summed E-state index contributed by atoms with van der Waals surface area (Å²) in [6.45, 7) is 1.79. The Morgan fingerprint density at radius 1 is 0.971 bits per heavy atom. The van der Waals surface area contributed by atoms with Crippen LogP contribution in [0.15, 0.2) is 72.8 Å². The molecular weight excluding hydrogens is 422 g/mol. The highest BCUT2D eigenvalue weighted by molar-refractivity contribution is 6.35. The highest BCUT2D eigenvalue weighted by Crippen LogP contribution is 2.40. The first-order chi connectivity index (χ1) is 16.7. The van der Waals surface area contributed by atoms with Gasteiger partial charge in [-0.25, -0.2) is 0 Å². The fourth-order valence-electron chi connectivity index (χ4n) is 5.05. The lowest BCUT2D eigenvalue weighted by Crippen LogP contribution is -2.23. The van der Waals surface area contributed by atoms with Crippen LogP contribution >= 0.6 is 0 Å². The van der Waals surface area contributed by atoms with E-state index in [0.717, 1.165) is 65.1 Å². The van der Waals surface area contributed by atoms with Crippen LogP contribution in [0.1, 0.15) is 52.7 Å². The summed E-state index contributed by atoms with van der Waals surface area (Å²) in [6.07, 6.45) is 5.19. The lowest BCUT2D eigenvalue weighted by molar-refractivity contribution is 0.105. The van der Waals surface area contributed by atoms with Gasteiger partial charge in [0.2, 0.25) is 0 Å². The monoisotopic (exact) mass is 453 g/mol. The van der Waals surface area contributed by atoms with E-state index in [1.54, 1.807) is 7.11 Å². The molecule has 174 valence electrons. The van der Waals surface area contributed by atoms with Gasteiger partial charge in [0.15, 0.2) is 5.78 Å². The van der Waals surface area contributed by atoms with Gasteiger partial charge in [-0.15, -0.1) is 0 Å². The Morgan fingerprint density at radius 3 is 2.50 bits per heavy atom. The number of allylic oxidation sites excluding steroid dienone is 2. The van der Waals surface area contributed by atoms with E-state index in [9.17, 15) is 4.79 Å². The van der Waals surface area contributed by atoms with Crippen molar-refractivity contribution in [3.8, 4) is 11.5 Å². The number of aryl methyl sites for hydroxylation is 1. The average molecular weight is 454 g/mol. The standard InChI is InChI=1S/C30H31NO3/c1-33-26-14-16-28-23(20-26)11-15-27(21-6-3-2-4-7-21)29(28)30(32)22-9-12-25(13-10-22)34-19-17-24-8-5-18-31-24/h2-4,6-7,9-10,12-14,16,20,24,31H,5,8,11,15,17-19H2,1H3. The van der Waals surface area contributed by atoms with Gasteiger partial charge in [-0.3, -0.25) is 4.79 Å². The largest absolute Gasteiger partial charge is 0.497 e. The topological polar surface area (TPSA) is 47.6 Å². The first-order valence-corrected chi connectivity index (χ1v) is 12.2. The molecule has 1 heterocycles. The van der Waals surface area contributed by atoms with Crippen molar-refractivity contribution in [1.29, 1.82) is 0 Å². The molecule has 3 aromatic carbocycles. The third kappa shape index (κ3) is 4.78. The van der Waals surface area contributed by atoms with E-state index in [4.69, 9.17) is 9.47 Å². The van der Waals surface area contributed by atoms with E-state index < -0.39 is 0 Å². The van der Waals surface area contributed by atoms with Gasteiger partial charge in [-0.1, -0.05) is 36.4 Å². The third-order valence-electron chi connectivity index (χ3n) is 6.89.